The summed E-state index contributed by atoms with van der Waals surface area (Å²) < 4.78 is 5.21. The van der Waals surface area contributed by atoms with Gasteiger partial charge in [0.25, 0.3) is 0 Å². The second-order valence-electron chi connectivity index (χ2n) is 4.63. The van der Waals surface area contributed by atoms with E-state index < -0.39 is 0 Å². The number of ketones is 1. The van der Waals surface area contributed by atoms with Gasteiger partial charge in [0, 0.05) is 6.42 Å². The molecule has 0 bridgehead atoms. The van der Waals surface area contributed by atoms with Crippen LogP contribution in [0.2, 0.25) is 0 Å². The molecule has 2 heteroatoms. The smallest absolute Gasteiger partial charge is 0.129 e. The van der Waals surface area contributed by atoms with E-state index in [4.69, 9.17) is 4.74 Å². The highest BCUT2D eigenvalue weighted by Crippen LogP contribution is 2.28. The fraction of sp³-hybridized carbons (Fsp3) is 0.400. The van der Waals surface area contributed by atoms with Crippen LogP contribution in [0.5, 0.6) is 5.75 Å². The summed E-state index contributed by atoms with van der Waals surface area (Å²) in [4.78, 5) is 11.0. The Labute approximate surface area is 102 Å². The van der Waals surface area contributed by atoms with Crippen LogP contribution >= 0.6 is 0 Å². The van der Waals surface area contributed by atoms with E-state index in [0.717, 1.165) is 18.6 Å². The standard InChI is InChI=1S/C15H18O2/c1-11(16)3-4-12-5-6-14-10-15(17-2)8-7-13(14)9-12/h5-8,10,12H,3-4,9H2,1-2H3. The average molecular weight is 230 g/mol. The first-order valence-electron chi connectivity index (χ1n) is 6.03. The normalized spacial score (nSPS) is 17.6. The van der Waals surface area contributed by atoms with Crippen molar-refractivity contribution in [3.8, 4) is 5.75 Å². The van der Waals surface area contributed by atoms with Gasteiger partial charge in [-0.1, -0.05) is 18.2 Å². The van der Waals surface area contributed by atoms with E-state index >= 15 is 0 Å². The van der Waals surface area contributed by atoms with Gasteiger partial charge in [0.1, 0.15) is 11.5 Å². The molecule has 0 N–H and O–H groups in total. The zero-order chi connectivity index (χ0) is 12.3. The van der Waals surface area contributed by atoms with Crippen LogP contribution < -0.4 is 4.74 Å². The Hall–Kier alpha value is -1.57. The first-order chi connectivity index (χ1) is 8.19. The van der Waals surface area contributed by atoms with Crippen molar-refractivity contribution < 1.29 is 9.53 Å². The SMILES string of the molecule is COc1ccc2c(c1)C=CC(CCC(C)=O)C2. The number of methoxy groups -OCH3 is 1. The van der Waals surface area contributed by atoms with Crippen molar-refractivity contribution >= 4 is 11.9 Å². The van der Waals surface area contributed by atoms with Crippen LogP contribution in [0, 0.1) is 5.92 Å². The predicted molar refractivity (Wildman–Crippen MR) is 69.1 cm³/mol. The first-order valence-corrected chi connectivity index (χ1v) is 6.03. The minimum atomic E-state index is 0.277. The Morgan fingerprint density at radius 2 is 2.29 bits per heavy atom. The molecule has 90 valence electrons. The van der Waals surface area contributed by atoms with Gasteiger partial charge in [-0.05, 0) is 48.9 Å². The Bertz CT molecular complexity index is 446. The lowest BCUT2D eigenvalue weighted by Crippen LogP contribution is -2.08. The lowest BCUT2D eigenvalue weighted by Gasteiger charge is -2.19. The number of rotatable bonds is 4. The zero-order valence-corrected chi connectivity index (χ0v) is 10.4. The van der Waals surface area contributed by atoms with Gasteiger partial charge in [0.05, 0.1) is 7.11 Å². The van der Waals surface area contributed by atoms with Gasteiger partial charge in [-0.15, -0.1) is 0 Å². The van der Waals surface area contributed by atoms with Crippen LogP contribution in [-0.2, 0) is 11.2 Å². The molecule has 1 aliphatic carbocycles. The summed E-state index contributed by atoms with van der Waals surface area (Å²) in [6, 6.07) is 6.19. The Kier molecular flexibility index (Phi) is 3.62. The quantitative estimate of drug-likeness (QED) is 0.793. The van der Waals surface area contributed by atoms with Gasteiger partial charge in [-0.2, -0.15) is 0 Å². The predicted octanol–water partition coefficient (Wildman–Crippen LogP) is 3.25. The molecule has 2 nitrogen and oxygen atoms in total. The van der Waals surface area contributed by atoms with Crippen molar-refractivity contribution in [1.29, 1.82) is 0 Å². The number of hydrogen-bond donors (Lipinski definition) is 0. The van der Waals surface area contributed by atoms with Gasteiger partial charge in [0.2, 0.25) is 0 Å². The fourth-order valence-electron chi connectivity index (χ4n) is 2.22. The number of carbonyl (C=O) groups is 1. The van der Waals surface area contributed by atoms with E-state index in [9.17, 15) is 4.79 Å². The third kappa shape index (κ3) is 2.96. The maximum absolute atomic E-state index is 11.0. The number of hydrogen-bond acceptors (Lipinski definition) is 2. The Morgan fingerprint density at radius 1 is 1.47 bits per heavy atom. The second-order valence-corrected chi connectivity index (χ2v) is 4.63. The first kappa shape index (κ1) is 11.9. The van der Waals surface area contributed by atoms with Crippen LogP contribution in [0.4, 0.5) is 0 Å². The van der Waals surface area contributed by atoms with E-state index in [-0.39, 0.29) is 5.78 Å². The number of carbonyl (C=O) groups excluding carboxylic acids is 1. The zero-order valence-electron chi connectivity index (χ0n) is 10.4. The molecule has 0 heterocycles. The molecule has 1 aromatic rings. The Balaban J connectivity index is 2.07. The van der Waals surface area contributed by atoms with Crippen molar-refractivity contribution in [1.82, 2.24) is 0 Å². The molecule has 2 rings (SSSR count). The van der Waals surface area contributed by atoms with Gasteiger partial charge in [-0.25, -0.2) is 0 Å². The van der Waals surface area contributed by atoms with Crippen molar-refractivity contribution in [2.45, 2.75) is 26.2 Å². The molecule has 0 aromatic heterocycles. The molecule has 1 aliphatic rings. The molecular formula is C15H18O2. The number of benzene rings is 1. The van der Waals surface area contributed by atoms with E-state index in [0.29, 0.717) is 12.3 Å². The van der Waals surface area contributed by atoms with Crippen molar-refractivity contribution in [3.05, 3.63) is 35.4 Å². The summed E-state index contributed by atoms with van der Waals surface area (Å²) in [7, 11) is 1.68. The van der Waals surface area contributed by atoms with Gasteiger partial charge in [-0.3, -0.25) is 0 Å². The van der Waals surface area contributed by atoms with Crippen molar-refractivity contribution in [3.63, 3.8) is 0 Å². The molecule has 0 radical (unpaired) electrons. The lowest BCUT2D eigenvalue weighted by atomic mass is 9.86. The molecular weight excluding hydrogens is 212 g/mol. The van der Waals surface area contributed by atoms with Crippen LogP contribution in [0.25, 0.3) is 6.08 Å². The Morgan fingerprint density at radius 3 is 3.00 bits per heavy atom. The molecule has 0 fully saturated rings. The molecule has 1 unspecified atom stereocenters. The van der Waals surface area contributed by atoms with Crippen molar-refractivity contribution in [2.75, 3.05) is 7.11 Å². The monoisotopic (exact) mass is 230 g/mol. The van der Waals surface area contributed by atoms with Crippen LogP contribution in [0.15, 0.2) is 24.3 Å². The highest BCUT2D eigenvalue weighted by Gasteiger charge is 2.14. The molecule has 1 aromatic carbocycles. The number of ether oxygens (including phenoxy) is 1. The largest absolute Gasteiger partial charge is 0.497 e. The van der Waals surface area contributed by atoms with Gasteiger partial charge in [0.15, 0.2) is 0 Å². The summed E-state index contributed by atoms with van der Waals surface area (Å²) in [5.41, 5.74) is 2.59. The maximum atomic E-state index is 11.0. The van der Waals surface area contributed by atoms with E-state index in [2.05, 4.69) is 24.3 Å². The topological polar surface area (TPSA) is 26.3 Å². The van der Waals surface area contributed by atoms with Gasteiger partial charge < -0.3 is 9.53 Å². The molecule has 0 spiro atoms. The highest BCUT2D eigenvalue weighted by atomic mass is 16.5. The summed E-state index contributed by atoms with van der Waals surface area (Å²) in [5, 5.41) is 0. The molecule has 0 saturated heterocycles. The van der Waals surface area contributed by atoms with E-state index in [1.54, 1.807) is 14.0 Å². The van der Waals surface area contributed by atoms with Crippen molar-refractivity contribution in [2.24, 2.45) is 5.92 Å². The molecule has 17 heavy (non-hydrogen) atoms. The van der Waals surface area contributed by atoms with Crippen LogP contribution in [0.1, 0.15) is 30.9 Å². The number of Topliss-reactive ketones (excluding diaryl/α,β-unsaturated/α-hetero) is 1. The summed E-state index contributed by atoms with van der Waals surface area (Å²) >= 11 is 0. The number of fused-ring (bicyclic) bond motifs is 1. The van der Waals surface area contributed by atoms with E-state index in [1.165, 1.54) is 11.1 Å². The fourth-order valence-corrected chi connectivity index (χ4v) is 2.22. The molecule has 0 amide bonds. The number of allylic oxidation sites excluding steroid dienone is 1. The van der Waals surface area contributed by atoms with Crippen LogP contribution in [0.3, 0.4) is 0 Å². The van der Waals surface area contributed by atoms with E-state index in [1.807, 2.05) is 6.07 Å². The average Bonchev–Trinajstić information content (AvgIpc) is 2.35. The maximum Gasteiger partial charge on any atom is 0.129 e. The highest BCUT2D eigenvalue weighted by molar-refractivity contribution is 5.75. The minimum absolute atomic E-state index is 0.277. The third-order valence-electron chi connectivity index (χ3n) is 3.25. The summed E-state index contributed by atoms with van der Waals surface area (Å²) in [6.07, 6.45) is 7.03. The lowest BCUT2D eigenvalue weighted by molar-refractivity contribution is -0.117. The minimum Gasteiger partial charge on any atom is -0.497 e. The summed E-state index contributed by atoms with van der Waals surface area (Å²) in [6.45, 7) is 1.66. The van der Waals surface area contributed by atoms with Gasteiger partial charge >= 0.3 is 0 Å². The second kappa shape index (κ2) is 5.17. The third-order valence-corrected chi connectivity index (χ3v) is 3.25. The molecule has 0 saturated carbocycles. The van der Waals surface area contributed by atoms with Crippen LogP contribution in [-0.4, -0.2) is 12.9 Å². The molecule has 0 aliphatic heterocycles. The summed E-state index contributed by atoms with van der Waals surface area (Å²) in [5.74, 6) is 1.68. The molecule has 1 atom stereocenters.